The maximum atomic E-state index is 12.9. The second-order valence-electron chi connectivity index (χ2n) is 7.84. The maximum Gasteiger partial charge on any atom is 0.258 e. The van der Waals surface area contributed by atoms with Crippen LogP contribution in [0.15, 0.2) is 70.8 Å². The van der Waals surface area contributed by atoms with Gasteiger partial charge >= 0.3 is 0 Å². The van der Waals surface area contributed by atoms with Crippen LogP contribution in [-0.4, -0.2) is 22.4 Å². The van der Waals surface area contributed by atoms with E-state index in [2.05, 4.69) is 9.97 Å². The number of aromatic amines is 1. The summed E-state index contributed by atoms with van der Waals surface area (Å²) in [6.45, 7) is 2.56. The molecular weight excluding hydrogens is 420 g/mol. The van der Waals surface area contributed by atoms with Crippen LogP contribution in [-0.2, 0) is 6.42 Å². The van der Waals surface area contributed by atoms with E-state index >= 15 is 0 Å². The number of aromatic nitrogens is 2. The Labute approximate surface area is 189 Å². The van der Waals surface area contributed by atoms with Crippen molar-refractivity contribution in [2.24, 2.45) is 0 Å². The molecule has 1 N–H and O–H groups in total. The van der Waals surface area contributed by atoms with Crippen molar-refractivity contribution in [3.8, 4) is 27.6 Å². The Hall–Kier alpha value is -3.51. The molecule has 4 aromatic rings. The van der Waals surface area contributed by atoms with Gasteiger partial charge in [-0.3, -0.25) is 9.59 Å². The molecule has 0 radical (unpaired) electrons. The van der Waals surface area contributed by atoms with Crippen LogP contribution in [0.1, 0.15) is 40.9 Å². The van der Waals surface area contributed by atoms with Gasteiger partial charge in [-0.05, 0) is 55.2 Å². The lowest BCUT2D eigenvalue weighted by Crippen LogP contribution is -2.24. The normalized spacial score (nSPS) is 15.4. The summed E-state index contributed by atoms with van der Waals surface area (Å²) in [6.07, 6.45) is 1.09. The molecule has 2 aromatic carbocycles. The fourth-order valence-corrected chi connectivity index (χ4v) is 5.01. The average molecular weight is 443 g/mol. The van der Waals surface area contributed by atoms with Crippen LogP contribution in [0.3, 0.4) is 0 Å². The summed E-state index contributed by atoms with van der Waals surface area (Å²) in [5.74, 6) is 0.954. The van der Waals surface area contributed by atoms with Gasteiger partial charge in [0.2, 0.25) is 0 Å². The molecule has 0 bridgehead atoms. The Bertz CT molecular complexity index is 1320. The van der Waals surface area contributed by atoms with Gasteiger partial charge in [0.15, 0.2) is 5.78 Å². The zero-order valence-corrected chi connectivity index (χ0v) is 18.4. The first-order chi connectivity index (χ1) is 15.6. The SMILES string of the molecule is CCOc1ccc(-c2csc(-c3cc4c([nH]c3=O)C[C@H](c3ccccc3)CC4=O)n2)cc1. The predicted molar refractivity (Wildman–Crippen MR) is 127 cm³/mol. The monoisotopic (exact) mass is 442 g/mol. The Morgan fingerprint density at radius 3 is 2.56 bits per heavy atom. The molecule has 2 heterocycles. The highest BCUT2D eigenvalue weighted by atomic mass is 32.1. The van der Waals surface area contributed by atoms with Crippen LogP contribution in [0.25, 0.3) is 21.8 Å². The molecule has 0 aliphatic heterocycles. The number of ether oxygens (including phenoxy) is 1. The average Bonchev–Trinajstić information content (AvgIpc) is 3.30. The zero-order valence-electron chi connectivity index (χ0n) is 17.6. The van der Waals surface area contributed by atoms with E-state index in [-0.39, 0.29) is 17.3 Å². The standard InChI is InChI=1S/C26H22N2O3S/c1-2-31-19-10-8-17(9-11-19)23-15-32-26(28-23)21-14-20-22(27-25(21)30)12-18(13-24(20)29)16-6-4-3-5-7-16/h3-11,14-15,18H,2,12-13H2,1H3,(H,27,30)/t18-/m0/s1. The van der Waals surface area contributed by atoms with Crippen LogP contribution >= 0.6 is 11.3 Å². The molecule has 0 saturated carbocycles. The number of nitrogens with zero attached hydrogens (tertiary/aromatic N) is 1. The van der Waals surface area contributed by atoms with E-state index in [1.165, 1.54) is 11.3 Å². The summed E-state index contributed by atoms with van der Waals surface area (Å²) in [4.78, 5) is 33.5. The lowest BCUT2D eigenvalue weighted by Gasteiger charge is -2.24. The van der Waals surface area contributed by atoms with E-state index in [1.54, 1.807) is 6.07 Å². The number of rotatable bonds is 5. The Balaban J connectivity index is 1.45. The van der Waals surface area contributed by atoms with Gasteiger partial charge in [-0.2, -0.15) is 0 Å². The number of carbonyl (C=O) groups is 1. The first kappa shape index (κ1) is 20.4. The number of Topliss-reactive ketones (excluding diaryl/α,β-unsaturated/α-hetero) is 1. The Morgan fingerprint density at radius 2 is 1.81 bits per heavy atom. The van der Waals surface area contributed by atoms with Crippen molar-refractivity contribution < 1.29 is 9.53 Å². The third kappa shape index (κ3) is 3.89. The van der Waals surface area contributed by atoms with E-state index in [4.69, 9.17) is 4.74 Å². The molecule has 5 rings (SSSR count). The number of carbonyl (C=O) groups excluding carboxylic acids is 1. The predicted octanol–water partition coefficient (Wildman–Crippen LogP) is 5.48. The minimum absolute atomic E-state index is 0.0564. The van der Waals surface area contributed by atoms with Crippen LogP contribution in [0.5, 0.6) is 5.75 Å². The van der Waals surface area contributed by atoms with E-state index < -0.39 is 0 Å². The number of pyridine rings is 1. The van der Waals surface area contributed by atoms with Gasteiger partial charge < -0.3 is 9.72 Å². The molecule has 0 spiro atoms. The number of fused-ring (bicyclic) bond motifs is 1. The summed E-state index contributed by atoms with van der Waals surface area (Å²) in [5.41, 5.74) is 4.41. The molecule has 5 nitrogen and oxygen atoms in total. The quantitative estimate of drug-likeness (QED) is 0.444. The molecule has 1 atom stereocenters. The highest BCUT2D eigenvalue weighted by Crippen LogP contribution is 2.34. The number of benzene rings is 2. The fourth-order valence-electron chi connectivity index (χ4n) is 4.17. The maximum absolute atomic E-state index is 12.9. The lowest BCUT2D eigenvalue weighted by molar-refractivity contribution is 0.0963. The van der Waals surface area contributed by atoms with Crippen molar-refractivity contribution in [2.75, 3.05) is 6.61 Å². The minimum Gasteiger partial charge on any atom is -0.494 e. The molecule has 0 amide bonds. The summed E-state index contributed by atoms with van der Waals surface area (Å²) < 4.78 is 5.49. The fraction of sp³-hybridized carbons (Fsp3) is 0.192. The van der Waals surface area contributed by atoms with Gasteiger partial charge in [-0.25, -0.2) is 4.98 Å². The third-order valence-electron chi connectivity index (χ3n) is 5.77. The van der Waals surface area contributed by atoms with Crippen molar-refractivity contribution in [1.29, 1.82) is 0 Å². The van der Waals surface area contributed by atoms with Gasteiger partial charge in [0.25, 0.3) is 5.56 Å². The van der Waals surface area contributed by atoms with E-state index in [0.29, 0.717) is 41.3 Å². The first-order valence-corrected chi connectivity index (χ1v) is 11.5. The smallest absolute Gasteiger partial charge is 0.258 e. The van der Waals surface area contributed by atoms with E-state index in [9.17, 15) is 9.59 Å². The summed E-state index contributed by atoms with van der Waals surface area (Å²) >= 11 is 1.40. The van der Waals surface area contributed by atoms with Gasteiger partial charge in [0, 0.05) is 28.6 Å². The molecule has 1 aliphatic rings. The Morgan fingerprint density at radius 1 is 1.03 bits per heavy atom. The highest BCUT2D eigenvalue weighted by Gasteiger charge is 2.28. The number of nitrogens with one attached hydrogen (secondary N) is 1. The van der Waals surface area contributed by atoms with Gasteiger partial charge in [0.1, 0.15) is 10.8 Å². The first-order valence-electron chi connectivity index (χ1n) is 10.7. The number of hydrogen-bond donors (Lipinski definition) is 1. The molecular formula is C26H22N2O3S. The van der Waals surface area contributed by atoms with Crippen LogP contribution in [0.2, 0.25) is 0 Å². The summed E-state index contributed by atoms with van der Waals surface area (Å²) in [7, 11) is 0. The Kier molecular flexibility index (Phi) is 5.45. The van der Waals surface area contributed by atoms with E-state index in [0.717, 1.165) is 22.6 Å². The van der Waals surface area contributed by atoms with Gasteiger partial charge in [-0.1, -0.05) is 30.3 Å². The molecule has 160 valence electrons. The topological polar surface area (TPSA) is 72.1 Å². The molecule has 0 unspecified atom stereocenters. The molecule has 1 aliphatic carbocycles. The van der Waals surface area contributed by atoms with Crippen molar-refractivity contribution >= 4 is 17.1 Å². The number of thiazole rings is 1. The third-order valence-corrected chi connectivity index (χ3v) is 6.65. The van der Waals surface area contributed by atoms with Crippen molar-refractivity contribution in [2.45, 2.75) is 25.7 Å². The number of H-pyrrole nitrogens is 1. The van der Waals surface area contributed by atoms with E-state index in [1.807, 2.05) is 66.9 Å². The summed E-state index contributed by atoms with van der Waals surface area (Å²) in [5, 5.41) is 2.54. The second-order valence-corrected chi connectivity index (χ2v) is 8.70. The lowest BCUT2D eigenvalue weighted by atomic mass is 9.81. The zero-order chi connectivity index (χ0) is 22.1. The van der Waals surface area contributed by atoms with Crippen molar-refractivity contribution in [1.82, 2.24) is 9.97 Å². The van der Waals surface area contributed by atoms with Crippen LogP contribution in [0, 0.1) is 0 Å². The molecule has 32 heavy (non-hydrogen) atoms. The molecule has 6 heteroatoms. The van der Waals surface area contributed by atoms with Crippen molar-refractivity contribution in [3.05, 3.63) is 93.2 Å². The minimum atomic E-state index is -0.210. The second kappa shape index (κ2) is 8.55. The number of ketones is 1. The van der Waals surface area contributed by atoms with Crippen molar-refractivity contribution in [3.63, 3.8) is 0 Å². The largest absolute Gasteiger partial charge is 0.494 e. The highest BCUT2D eigenvalue weighted by molar-refractivity contribution is 7.13. The number of hydrogen-bond acceptors (Lipinski definition) is 5. The van der Waals surface area contributed by atoms with Crippen LogP contribution < -0.4 is 10.3 Å². The molecule has 0 fully saturated rings. The van der Waals surface area contributed by atoms with Gasteiger partial charge in [0.05, 0.1) is 17.9 Å². The molecule has 0 saturated heterocycles. The molecule has 2 aromatic heterocycles. The summed E-state index contributed by atoms with van der Waals surface area (Å²) in [6, 6.07) is 19.4. The van der Waals surface area contributed by atoms with Gasteiger partial charge in [-0.15, -0.1) is 11.3 Å². The van der Waals surface area contributed by atoms with Crippen LogP contribution in [0.4, 0.5) is 0 Å².